The molecule has 1 fully saturated rings. The van der Waals surface area contributed by atoms with E-state index in [2.05, 4.69) is 15.2 Å². The van der Waals surface area contributed by atoms with Gasteiger partial charge in [0, 0.05) is 38.3 Å². The molecule has 0 unspecified atom stereocenters. The lowest BCUT2D eigenvalue weighted by Crippen LogP contribution is -2.46. The van der Waals surface area contributed by atoms with Gasteiger partial charge in [0.15, 0.2) is 0 Å². The summed E-state index contributed by atoms with van der Waals surface area (Å²) in [5, 5.41) is 14.6. The molecule has 1 aliphatic heterocycles. The molecule has 4 rings (SSSR count). The van der Waals surface area contributed by atoms with Gasteiger partial charge in [0.05, 0.1) is 21.5 Å². The SMILES string of the molecule is O=c1c2cc([N+](=O)[O-])ccc2nc(N2CCNCC2)n1-c1ccccc1. The molecule has 1 aromatic heterocycles. The third kappa shape index (κ3) is 2.80. The van der Waals surface area contributed by atoms with Crippen LogP contribution in [0.1, 0.15) is 0 Å². The highest BCUT2D eigenvalue weighted by molar-refractivity contribution is 5.82. The zero-order chi connectivity index (χ0) is 18.1. The molecule has 1 saturated heterocycles. The van der Waals surface area contributed by atoms with E-state index in [9.17, 15) is 14.9 Å². The highest BCUT2D eigenvalue weighted by Gasteiger charge is 2.21. The van der Waals surface area contributed by atoms with Gasteiger partial charge in [0.1, 0.15) is 0 Å². The van der Waals surface area contributed by atoms with E-state index in [0.717, 1.165) is 26.2 Å². The zero-order valence-corrected chi connectivity index (χ0v) is 14.0. The number of nitro benzene ring substituents is 1. The van der Waals surface area contributed by atoms with Gasteiger partial charge < -0.3 is 10.2 Å². The molecule has 8 heteroatoms. The Labute approximate surface area is 148 Å². The molecule has 26 heavy (non-hydrogen) atoms. The van der Waals surface area contributed by atoms with Crippen LogP contribution in [0.3, 0.4) is 0 Å². The molecule has 0 radical (unpaired) electrons. The summed E-state index contributed by atoms with van der Waals surface area (Å²) in [7, 11) is 0. The normalized spacial score (nSPS) is 14.5. The van der Waals surface area contributed by atoms with Crippen molar-refractivity contribution in [1.82, 2.24) is 14.9 Å². The molecule has 1 aliphatic rings. The number of anilines is 1. The number of para-hydroxylation sites is 1. The summed E-state index contributed by atoms with van der Waals surface area (Å²) in [6.07, 6.45) is 0. The molecule has 8 nitrogen and oxygen atoms in total. The first-order valence-electron chi connectivity index (χ1n) is 8.37. The highest BCUT2D eigenvalue weighted by Crippen LogP contribution is 2.22. The lowest BCUT2D eigenvalue weighted by molar-refractivity contribution is -0.384. The maximum absolute atomic E-state index is 13.2. The second-order valence-electron chi connectivity index (χ2n) is 6.08. The van der Waals surface area contributed by atoms with Crippen molar-refractivity contribution in [1.29, 1.82) is 0 Å². The molecule has 0 saturated carbocycles. The zero-order valence-electron chi connectivity index (χ0n) is 14.0. The van der Waals surface area contributed by atoms with Crippen molar-refractivity contribution in [3.8, 4) is 5.69 Å². The molecule has 3 aromatic rings. The molecule has 132 valence electrons. The topological polar surface area (TPSA) is 93.3 Å². The molecule has 1 N–H and O–H groups in total. The van der Waals surface area contributed by atoms with E-state index in [1.807, 2.05) is 30.3 Å². The van der Waals surface area contributed by atoms with E-state index in [1.54, 1.807) is 0 Å². The number of hydrogen-bond acceptors (Lipinski definition) is 6. The average molecular weight is 351 g/mol. The summed E-state index contributed by atoms with van der Waals surface area (Å²) in [5.74, 6) is 0.559. The third-order valence-corrected chi connectivity index (χ3v) is 4.46. The van der Waals surface area contributed by atoms with E-state index >= 15 is 0 Å². The van der Waals surface area contributed by atoms with Crippen molar-refractivity contribution >= 4 is 22.5 Å². The summed E-state index contributed by atoms with van der Waals surface area (Å²) < 4.78 is 1.54. The molecular weight excluding hydrogens is 334 g/mol. The standard InChI is InChI=1S/C18H17N5O3/c24-17-15-12-14(23(25)26)6-7-16(15)20-18(21-10-8-19-9-11-21)22(17)13-4-2-1-3-5-13/h1-7,12,19H,8-11H2. The van der Waals surface area contributed by atoms with Gasteiger partial charge in [0.2, 0.25) is 5.95 Å². The second kappa shape index (κ2) is 6.57. The third-order valence-electron chi connectivity index (χ3n) is 4.46. The highest BCUT2D eigenvalue weighted by atomic mass is 16.6. The minimum Gasteiger partial charge on any atom is -0.339 e. The van der Waals surface area contributed by atoms with E-state index in [1.165, 1.54) is 22.8 Å². The van der Waals surface area contributed by atoms with Crippen LogP contribution < -0.4 is 15.8 Å². The van der Waals surface area contributed by atoms with Crippen molar-refractivity contribution < 1.29 is 4.92 Å². The molecular formula is C18H17N5O3. The first-order valence-corrected chi connectivity index (χ1v) is 8.37. The van der Waals surface area contributed by atoms with E-state index in [0.29, 0.717) is 17.2 Å². The molecule has 0 amide bonds. The number of nitro groups is 1. The van der Waals surface area contributed by atoms with Gasteiger partial charge in [-0.05, 0) is 18.2 Å². The number of non-ortho nitro benzene ring substituents is 1. The van der Waals surface area contributed by atoms with Crippen LogP contribution in [0.4, 0.5) is 11.6 Å². The van der Waals surface area contributed by atoms with Crippen molar-refractivity contribution in [3.63, 3.8) is 0 Å². The summed E-state index contributed by atoms with van der Waals surface area (Å²) in [4.78, 5) is 30.5. The number of nitrogens with zero attached hydrogens (tertiary/aromatic N) is 4. The predicted octanol–water partition coefficient (Wildman–Crippen LogP) is 1.70. The number of hydrogen-bond donors (Lipinski definition) is 1. The first kappa shape index (κ1) is 16.2. The largest absolute Gasteiger partial charge is 0.339 e. The summed E-state index contributed by atoms with van der Waals surface area (Å²) >= 11 is 0. The van der Waals surface area contributed by atoms with E-state index in [-0.39, 0.29) is 16.6 Å². The Kier molecular flexibility index (Phi) is 4.10. The number of piperazine rings is 1. The molecule has 2 heterocycles. The number of fused-ring (bicyclic) bond motifs is 1. The Morgan fingerprint density at radius 3 is 2.50 bits per heavy atom. The second-order valence-corrected chi connectivity index (χ2v) is 6.08. The Morgan fingerprint density at radius 2 is 1.81 bits per heavy atom. The monoisotopic (exact) mass is 351 g/mol. The minimum atomic E-state index is -0.504. The van der Waals surface area contributed by atoms with Crippen LogP contribution >= 0.6 is 0 Å². The number of benzene rings is 2. The Balaban J connectivity index is 2.00. The fourth-order valence-electron chi connectivity index (χ4n) is 3.16. The van der Waals surface area contributed by atoms with Crippen LogP contribution in [0.25, 0.3) is 16.6 Å². The van der Waals surface area contributed by atoms with Crippen LogP contribution in [0.15, 0.2) is 53.3 Å². The number of nitrogens with one attached hydrogen (secondary N) is 1. The van der Waals surface area contributed by atoms with Crippen LogP contribution in [0, 0.1) is 10.1 Å². The van der Waals surface area contributed by atoms with Gasteiger partial charge in [-0.1, -0.05) is 18.2 Å². The van der Waals surface area contributed by atoms with Crippen molar-refractivity contribution in [2.75, 3.05) is 31.1 Å². The fourth-order valence-corrected chi connectivity index (χ4v) is 3.16. The predicted molar refractivity (Wildman–Crippen MR) is 99.1 cm³/mol. The Hall–Kier alpha value is -3.26. The smallest absolute Gasteiger partial charge is 0.270 e. The van der Waals surface area contributed by atoms with Gasteiger partial charge in [-0.2, -0.15) is 0 Å². The van der Waals surface area contributed by atoms with Crippen LogP contribution in [0.2, 0.25) is 0 Å². The van der Waals surface area contributed by atoms with Gasteiger partial charge >= 0.3 is 0 Å². The lowest BCUT2D eigenvalue weighted by Gasteiger charge is -2.30. The maximum Gasteiger partial charge on any atom is 0.270 e. The maximum atomic E-state index is 13.2. The molecule has 0 atom stereocenters. The summed E-state index contributed by atoms with van der Waals surface area (Å²) in [6.45, 7) is 3.08. The number of rotatable bonds is 3. The van der Waals surface area contributed by atoms with Crippen LogP contribution in [-0.4, -0.2) is 40.7 Å². The van der Waals surface area contributed by atoms with Gasteiger partial charge in [-0.15, -0.1) is 0 Å². The first-order chi connectivity index (χ1) is 12.6. The molecule has 0 bridgehead atoms. The summed E-state index contributed by atoms with van der Waals surface area (Å²) in [6, 6.07) is 13.4. The molecule has 0 aliphatic carbocycles. The van der Waals surface area contributed by atoms with Crippen molar-refractivity contribution in [3.05, 3.63) is 69.0 Å². The Bertz CT molecular complexity index is 1030. The van der Waals surface area contributed by atoms with Crippen LogP contribution in [0.5, 0.6) is 0 Å². The van der Waals surface area contributed by atoms with E-state index in [4.69, 9.17) is 0 Å². The van der Waals surface area contributed by atoms with E-state index < -0.39 is 4.92 Å². The minimum absolute atomic E-state index is 0.120. The van der Waals surface area contributed by atoms with Gasteiger partial charge in [-0.3, -0.25) is 14.9 Å². The quantitative estimate of drug-likeness (QED) is 0.570. The lowest BCUT2D eigenvalue weighted by atomic mass is 10.2. The molecule has 0 spiro atoms. The Morgan fingerprint density at radius 1 is 1.08 bits per heavy atom. The average Bonchev–Trinajstić information content (AvgIpc) is 2.69. The van der Waals surface area contributed by atoms with Crippen LogP contribution in [-0.2, 0) is 0 Å². The fraction of sp³-hybridized carbons (Fsp3) is 0.222. The van der Waals surface area contributed by atoms with Crippen molar-refractivity contribution in [2.45, 2.75) is 0 Å². The van der Waals surface area contributed by atoms with Crippen molar-refractivity contribution in [2.24, 2.45) is 0 Å². The van der Waals surface area contributed by atoms with Gasteiger partial charge in [0.25, 0.3) is 11.2 Å². The number of aromatic nitrogens is 2. The summed E-state index contributed by atoms with van der Waals surface area (Å²) in [5.41, 5.74) is 0.720. The van der Waals surface area contributed by atoms with Gasteiger partial charge in [-0.25, -0.2) is 9.55 Å². The molecule has 2 aromatic carbocycles.